The van der Waals surface area contributed by atoms with Crippen LogP contribution in [0.4, 0.5) is 0 Å². The highest BCUT2D eigenvalue weighted by atomic mass is 16.1. The van der Waals surface area contributed by atoms with E-state index in [0.29, 0.717) is 5.56 Å². The molecule has 0 saturated carbocycles. The summed E-state index contributed by atoms with van der Waals surface area (Å²) in [4.78, 5) is 11.1. The Morgan fingerprint density at radius 2 is 1.84 bits per heavy atom. The number of hydrogen-bond donors (Lipinski definition) is 0. The summed E-state index contributed by atoms with van der Waals surface area (Å²) in [5.74, 6) is 12.0. The Labute approximate surface area is 115 Å². The highest BCUT2D eigenvalue weighted by molar-refractivity contribution is 5.94. The normalized spacial score (nSPS) is 9.37. The van der Waals surface area contributed by atoms with Crippen LogP contribution in [0.5, 0.6) is 0 Å². The maximum absolute atomic E-state index is 11.1. The van der Waals surface area contributed by atoms with Crippen LogP contribution in [0.15, 0.2) is 36.4 Å². The molecule has 0 aliphatic carbocycles. The van der Waals surface area contributed by atoms with Crippen LogP contribution in [0, 0.1) is 23.7 Å². The van der Waals surface area contributed by atoms with E-state index in [2.05, 4.69) is 30.6 Å². The lowest BCUT2D eigenvalue weighted by Gasteiger charge is -1.94. The number of ketones is 1. The maximum atomic E-state index is 11.1. The van der Waals surface area contributed by atoms with Gasteiger partial charge in [-0.05, 0) is 37.6 Å². The summed E-state index contributed by atoms with van der Waals surface area (Å²) in [6, 6.07) is 7.29. The van der Waals surface area contributed by atoms with E-state index in [1.165, 1.54) is 6.42 Å². The van der Waals surface area contributed by atoms with E-state index in [4.69, 9.17) is 0 Å². The largest absolute Gasteiger partial charge is 0.295 e. The van der Waals surface area contributed by atoms with Gasteiger partial charge in [-0.25, -0.2) is 0 Å². The van der Waals surface area contributed by atoms with Crippen LogP contribution in [0.1, 0.15) is 49.0 Å². The van der Waals surface area contributed by atoms with Crippen molar-refractivity contribution in [2.45, 2.75) is 33.1 Å². The third-order valence-corrected chi connectivity index (χ3v) is 2.52. The van der Waals surface area contributed by atoms with Crippen LogP contribution in [-0.2, 0) is 0 Å². The molecule has 0 aliphatic heterocycles. The first-order chi connectivity index (χ1) is 9.24. The molecule has 1 nitrogen and oxygen atoms in total. The lowest BCUT2D eigenvalue weighted by Crippen LogP contribution is -1.90. The molecule has 0 spiro atoms. The topological polar surface area (TPSA) is 17.1 Å². The summed E-state index contributed by atoms with van der Waals surface area (Å²) in [7, 11) is 0. The molecule has 0 heterocycles. The van der Waals surface area contributed by atoms with Crippen molar-refractivity contribution in [1.82, 2.24) is 0 Å². The predicted octanol–water partition coefficient (Wildman–Crippen LogP) is 3.99. The monoisotopic (exact) mass is 250 g/mol. The molecule has 0 atom stereocenters. The molecular formula is C18H18O. The van der Waals surface area contributed by atoms with Crippen molar-refractivity contribution in [2.24, 2.45) is 0 Å². The van der Waals surface area contributed by atoms with E-state index in [1.54, 1.807) is 31.2 Å². The number of carbonyl (C=O) groups is 1. The van der Waals surface area contributed by atoms with Crippen LogP contribution in [0.3, 0.4) is 0 Å². The van der Waals surface area contributed by atoms with Gasteiger partial charge in [-0.3, -0.25) is 4.79 Å². The SMILES string of the molecule is CCCCC#C/C=C\C#Cc1ccc(C(C)=O)cc1. The Morgan fingerprint density at radius 1 is 1.16 bits per heavy atom. The van der Waals surface area contributed by atoms with Crippen LogP contribution in [-0.4, -0.2) is 5.78 Å². The zero-order valence-corrected chi connectivity index (χ0v) is 11.5. The number of Topliss-reactive ketones (excluding diaryl/α,β-unsaturated/α-hetero) is 1. The van der Waals surface area contributed by atoms with Gasteiger partial charge in [0.05, 0.1) is 0 Å². The van der Waals surface area contributed by atoms with Crippen LogP contribution in [0.25, 0.3) is 0 Å². The van der Waals surface area contributed by atoms with E-state index in [1.807, 2.05) is 12.1 Å². The van der Waals surface area contributed by atoms with Crippen LogP contribution < -0.4 is 0 Å². The van der Waals surface area contributed by atoms with Gasteiger partial charge in [0, 0.05) is 17.5 Å². The molecule has 1 rings (SSSR count). The zero-order chi connectivity index (χ0) is 13.9. The second kappa shape index (κ2) is 8.78. The Morgan fingerprint density at radius 3 is 2.47 bits per heavy atom. The lowest BCUT2D eigenvalue weighted by molar-refractivity contribution is 0.101. The number of rotatable bonds is 3. The van der Waals surface area contributed by atoms with Crippen molar-refractivity contribution in [2.75, 3.05) is 0 Å². The van der Waals surface area contributed by atoms with Crippen LogP contribution in [0.2, 0.25) is 0 Å². The first kappa shape index (κ1) is 14.8. The number of hydrogen-bond acceptors (Lipinski definition) is 1. The van der Waals surface area contributed by atoms with E-state index < -0.39 is 0 Å². The van der Waals surface area contributed by atoms with Gasteiger partial charge in [0.25, 0.3) is 0 Å². The molecule has 1 heteroatoms. The van der Waals surface area contributed by atoms with Gasteiger partial charge in [-0.1, -0.05) is 49.2 Å². The molecule has 0 unspecified atom stereocenters. The highest BCUT2D eigenvalue weighted by Gasteiger charge is 1.96. The Kier molecular flexibility index (Phi) is 6.85. The Balaban J connectivity index is 2.51. The van der Waals surface area contributed by atoms with Crippen molar-refractivity contribution >= 4 is 5.78 Å². The molecule has 19 heavy (non-hydrogen) atoms. The summed E-state index contributed by atoms with van der Waals surface area (Å²) in [5, 5.41) is 0. The van der Waals surface area contributed by atoms with E-state index in [9.17, 15) is 4.79 Å². The first-order valence-electron chi connectivity index (χ1n) is 6.50. The van der Waals surface area contributed by atoms with Gasteiger partial charge in [0.1, 0.15) is 0 Å². The van der Waals surface area contributed by atoms with Crippen molar-refractivity contribution < 1.29 is 4.79 Å². The molecule has 0 aliphatic rings. The molecule has 0 bridgehead atoms. The first-order valence-corrected chi connectivity index (χ1v) is 6.50. The summed E-state index contributed by atoms with van der Waals surface area (Å²) in [5.41, 5.74) is 1.61. The number of carbonyl (C=O) groups excluding carboxylic acids is 1. The number of benzene rings is 1. The van der Waals surface area contributed by atoms with Gasteiger partial charge in [0.15, 0.2) is 5.78 Å². The summed E-state index contributed by atoms with van der Waals surface area (Å²) < 4.78 is 0. The summed E-state index contributed by atoms with van der Waals surface area (Å²) >= 11 is 0. The quantitative estimate of drug-likeness (QED) is 0.450. The van der Waals surface area contributed by atoms with E-state index in [0.717, 1.165) is 18.4 Å². The predicted molar refractivity (Wildman–Crippen MR) is 79.8 cm³/mol. The molecule has 0 aromatic heterocycles. The molecule has 0 fully saturated rings. The van der Waals surface area contributed by atoms with Gasteiger partial charge >= 0.3 is 0 Å². The highest BCUT2D eigenvalue weighted by Crippen LogP contribution is 2.03. The molecule has 0 radical (unpaired) electrons. The Hall–Kier alpha value is -2.25. The van der Waals surface area contributed by atoms with E-state index >= 15 is 0 Å². The van der Waals surface area contributed by atoms with Crippen molar-refractivity contribution in [1.29, 1.82) is 0 Å². The van der Waals surface area contributed by atoms with Gasteiger partial charge in [-0.2, -0.15) is 0 Å². The molecule has 1 aromatic rings. The average molecular weight is 250 g/mol. The average Bonchev–Trinajstić information content (AvgIpc) is 2.42. The number of unbranched alkanes of at least 4 members (excludes halogenated alkanes) is 2. The summed E-state index contributed by atoms with van der Waals surface area (Å²) in [6.07, 6.45) is 6.79. The second-order valence-electron chi connectivity index (χ2n) is 4.16. The minimum atomic E-state index is 0.0711. The standard InChI is InChI=1S/C18H18O/c1-3-4-5-6-7-8-9-10-11-17-12-14-18(15-13-17)16(2)19/h8-9,12-15H,3-5H2,1-2H3/b9-8-. The van der Waals surface area contributed by atoms with Gasteiger partial charge < -0.3 is 0 Å². The van der Waals surface area contributed by atoms with Crippen LogP contribution >= 0.6 is 0 Å². The molecule has 0 N–H and O–H groups in total. The number of allylic oxidation sites excluding steroid dienone is 2. The smallest absolute Gasteiger partial charge is 0.159 e. The van der Waals surface area contributed by atoms with E-state index in [-0.39, 0.29) is 5.78 Å². The molecule has 96 valence electrons. The fourth-order valence-electron chi connectivity index (χ4n) is 1.39. The molecule has 0 saturated heterocycles. The third-order valence-electron chi connectivity index (χ3n) is 2.52. The second-order valence-corrected chi connectivity index (χ2v) is 4.16. The molecule has 0 amide bonds. The minimum absolute atomic E-state index is 0.0711. The maximum Gasteiger partial charge on any atom is 0.159 e. The summed E-state index contributed by atoms with van der Waals surface area (Å²) in [6.45, 7) is 3.71. The van der Waals surface area contributed by atoms with Crippen molar-refractivity contribution in [3.8, 4) is 23.7 Å². The van der Waals surface area contributed by atoms with Gasteiger partial charge in [-0.15, -0.1) is 0 Å². The third kappa shape index (κ3) is 6.29. The van der Waals surface area contributed by atoms with Crippen molar-refractivity contribution in [3.05, 3.63) is 47.5 Å². The van der Waals surface area contributed by atoms with Gasteiger partial charge in [0.2, 0.25) is 0 Å². The fraction of sp³-hybridized carbons (Fsp3) is 0.278. The molecular weight excluding hydrogens is 232 g/mol. The zero-order valence-electron chi connectivity index (χ0n) is 11.5. The Bertz CT molecular complexity index is 554. The molecule has 1 aromatic carbocycles. The fourth-order valence-corrected chi connectivity index (χ4v) is 1.39. The van der Waals surface area contributed by atoms with Crippen molar-refractivity contribution in [3.63, 3.8) is 0 Å². The lowest BCUT2D eigenvalue weighted by atomic mass is 10.1. The minimum Gasteiger partial charge on any atom is -0.295 e.